The summed E-state index contributed by atoms with van der Waals surface area (Å²) in [6, 6.07) is 28.9. The van der Waals surface area contributed by atoms with Gasteiger partial charge < -0.3 is 29.3 Å². The van der Waals surface area contributed by atoms with E-state index in [4.69, 9.17) is 18.6 Å². The van der Waals surface area contributed by atoms with Gasteiger partial charge in [0.05, 0.1) is 20.3 Å². The molecule has 4 aromatic carbocycles. The Balaban J connectivity index is 1.13. The lowest BCUT2D eigenvalue weighted by Gasteiger charge is -2.30. The first kappa shape index (κ1) is 30.9. The van der Waals surface area contributed by atoms with Crippen molar-refractivity contribution in [3.63, 3.8) is 0 Å². The molecule has 1 amide bonds. The largest absolute Gasteiger partial charge is 0.497 e. The van der Waals surface area contributed by atoms with E-state index in [2.05, 4.69) is 34.9 Å². The first-order valence-electron chi connectivity index (χ1n) is 15.6. The smallest absolute Gasteiger partial charge is 0.360 e. The van der Waals surface area contributed by atoms with Crippen molar-refractivity contribution in [1.29, 1.82) is 0 Å². The normalized spacial score (nSPS) is 16.2. The summed E-state index contributed by atoms with van der Waals surface area (Å²) in [6.07, 6.45) is 4.07. The van der Waals surface area contributed by atoms with Crippen LogP contribution >= 0.6 is 0 Å². The van der Waals surface area contributed by atoms with Crippen molar-refractivity contribution in [3.8, 4) is 28.4 Å². The minimum Gasteiger partial charge on any atom is -0.497 e. The molecule has 6 rings (SSSR count). The SMILES string of the molecule is COc1cccc(-c2cc(C(=O)Nc3cc4ccc(OC5CCC(NCc6ccccc6)CC5)c(C)c4oc3=O)ccc2OC)c1. The predicted molar refractivity (Wildman–Crippen MR) is 180 cm³/mol. The lowest BCUT2D eigenvalue weighted by molar-refractivity contribution is 0.102. The fourth-order valence-corrected chi connectivity index (χ4v) is 6.00. The van der Waals surface area contributed by atoms with Gasteiger partial charge in [0.25, 0.3) is 5.91 Å². The lowest BCUT2D eigenvalue weighted by Crippen LogP contribution is -2.36. The number of carbonyl (C=O) groups excluding carboxylic acids is 1. The number of rotatable bonds is 10. The van der Waals surface area contributed by atoms with Crippen LogP contribution < -0.4 is 30.5 Å². The molecule has 46 heavy (non-hydrogen) atoms. The number of hydrogen-bond donors (Lipinski definition) is 2. The summed E-state index contributed by atoms with van der Waals surface area (Å²) in [4.78, 5) is 26.4. The highest BCUT2D eigenvalue weighted by Gasteiger charge is 2.23. The molecular weight excluding hydrogens is 580 g/mol. The Kier molecular flexibility index (Phi) is 9.36. The van der Waals surface area contributed by atoms with Crippen LogP contribution in [0.1, 0.15) is 47.2 Å². The lowest BCUT2D eigenvalue weighted by atomic mass is 9.92. The summed E-state index contributed by atoms with van der Waals surface area (Å²) in [5.74, 6) is 1.56. The molecule has 1 aliphatic carbocycles. The Morgan fingerprint density at radius 2 is 1.63 bits per heavy atom. The highest BCUT2D eigenvalue weighted by Crippen LogP contribution is 2.34. The summed E-state index contributed by atoms with van der Waals surface area (Å²) in [5, 5.41) is 7.10. The molecule has 0 spiro atoms. The Morgan fingerprint density at radius 1 is 0.848 bits per heavy atom. The Labute approximate surface area is 268 Å². The molecule has 1 saturated carbocycles. The average Bonchev–Trinajstić information content (AvgIpc) is 3.10. The summed E-state index contributed by atoms with van der Waals surface area (Å²) >= 11 is 0. The molecular formula is C38H38N2O6. The minimum absolute atomic E-state index is 0.0608. The van der Waals surface area contributed by atoms with Crippen LogP contribution in [0.3, 0.4) is 0 Å². The zero-order valence-electron chi connectivity index (χ0n) is 26.3. The first-order valence-corrected chi connectivity index (χ1v) is 15.6. The van der Waals surface area contributed by atoms with Crippen LogP contribution in [0, 0.1) is 6.92 Å². The van der Waals surface area contributed by atoms with Crippen molar-refractivity contribution >= 4 is 22.6 Å². The number of amides is 1. The van der Waals surface area contributed by atoms with Gasteiger partial charge >= 0.3 is 5.63 Å². The van der Waals surface area contributed by atoms with Gasteiger partial charge in [-0.3, -0.25) is 4.79 Å². The first-order chi connectivity index (χ1) is 22.4. The fourth-order valence-electron chi connectivity index (χ4n) is 6.00. The summed E-state index contributed by atoms with van der Waals surface area (Å²) in [7, 11) is 3.18. The van der Waals surface area contributed by atoms with Gasteiger partial charge in [-0.15, -0.1) is 0 Å². The number of ether oxygens (including phenoxy) is 3. The minimum atomic E-state index is -0.632. The van der Waals surface area contributed by atoms with Crippen LogP contribution in [0.15, 0.2) is 100 Å². The van der Waals surface area contributed by atoms with Gasteiger partial charge in [-0.05, 0) is 92.3 Å². The van der Waals surface area contributed by atoms with Crippen LogP contribution in [0.2, 0.25) is 0 Å². The second-order valence-corrected chi connectivity index (χ2v) is 11.6. The van der Waals surface area contributed by atoms with Crippen molar-refractivity contribution < 1.29 is 23.4 Å². The van der Waals surface area contributed by atoms with E-state index in [9.17, 15) is 9.59 Å². The fraction of sp³-hybridized carbons (Fsp3) is 0.263. The van der Waals surface area contributed by atoms with Gasteiger partial charge in [0.2, 0.25) is 0 Å². The molecule has 0 bridgehead atoms. The number of fused-ring (bicyclic) bond motifs is 1. The third kappa shape index (κ3) is 6.92. The molecule has 8 heteroatoms. The quantitative estimate of drug-likeness (QED) is 0.156. The molecule has 236 valence electrons. The molecule has 2 N–H and O–H groups in total. The third-order valence-corrected chi connectivity index (χ3v) is 8.60. The maximum atomic E-state index is 13.3. The van der Waals surface area contributed by atoms with Crippen LogP contribution in [0.4, 0.5) is 5.69 Å². The Bertz CT molecular complexity index is 1890. The van der Waals surface area contributed by atoms with E-state index in [1.165, 1.54) is 5.56 Å². The van der Waals surface area contributed by atoms with Crippen LogP contribution in [0.25, 0.3) is 22.1 Å². The molecule has 0 aliphatic heterocycles. The van der Waals surface area contributed by atoms with E-state index in [-0.39, 0.29) is 11.8 Å². The van der Waals surface area contributed by atoms with E-state index in [0.29, 0.717) is 39.8 Å². The van der Waals surface area contributed by atoms with E-state index in [1.54, 1.807) is 38.5 Å². The van der Waals surface area contributed by atoms with E-state index in [1.807, 2.05) is 49.4 Å². The molecule has 8 nitrogen and oxygen atoms in total. The molecule has 1 fully saturated rings. The van der Waals surface area contributed by atoms with Crippen LogP contribution in [-0.4, -0.2) is 32.3 Å². The van der Waals surface area contributed by atoms with Crippen molar-refractivity contribution in [1.82, 2.24) is 5.32 Å². The predicted octanol–water partition coefficient (Wildman–Crippen LogP) is 7.52. The van der Waals surface area contributed by atoms with Crippen LogP contribution in [-0.2, 0) is 6.54 Å². The molecule has 0 saturated heterocycles. The number of methoxy groups -OCH3 is 2. The van der Waals surface area contributed by atoms with Crippen molar-refractivity contribution in [3.05, 3.63) is 118 Å². The molecule has 0 radical (unpaired) electrons. The molecule has 5 aromatic rings. The average molecular weight is 619 g/mol. The van der Waals surface area contributed by atoms with Gasteiger partial charge in [-0.25, -0.2) is 4.79 Å². The van der Waals surface area contributed by atoms with Crippen molar-refractivity contribution in [2.75, 3.05) is 19.5 Å². The Morgan fingerprint density at radius 3 is 2.39 bits per heavy atom. The highest BCUT2D eigenvalue weighted by atomic mass is 16.5. The van der Waals surface area contributed by atoms with Crippen LogP contribution in [0.5, 0.6) is 17.2 Å². The van der Waals surface area contributed by atoms with Crippen molar-refractivity contribution in [2.45, 2.75) is 51.3 Å². The maximum absolute atomic E-state index is 13.3. The van der Waals surface area contributed by atoms with E-state index in [0.717, 1.165) is 48.9 Å². The standard InChI is InChI=1S/C38H38N2O6/c1-24-34(45-30-16-14-29(15-17-30)39-23-25-8-5-4-6-9-25)18-12-27-22-33(38(42)46-36(24)27)40-37(41)28-13-19-35(44-3)32(21-28)26-10-7-11-31(20-26)43-2/h4-13,18-22,29-30,39H,14-17,23H2,1-3H3,(H,40,41). The number of benzene rings is 4. The zero-order valence-corrected chi connectivity index (χ0v) is 26.3. The number of aryl methyl sites for hydroxylation is 1. The molecule has 1 heterocycles. The second kappa shape index (κ2) is 13.9. The highest BCUT2D eigenvalue weighted by molar-refractivity contribution is 6.05. The van der Waals surface area contributed by atoms with Gasteiger partial charge in [0, 0.05) is 34.7 Å². The molecule has 1 aliphatic rings. The second-order valence-electron chi connectivity index (χ2n) is 11.6. The molecule has 0 unspecified atom stereocenters. The van der Waals surface area contributed by atoms with E-state index < -0.39 is 11.5 Å². The van der Waals surface area contributed by atoms with Gasteiger partial charge in [0.15, 0.2) is 0 Å². The number of carbonyl (C=O) groups is 1. The van der Waals surface area contributed by atoms with Gasteiger partial charge in [-0.1, -0.05) is 42.5 Å². The number of nitrogens with one attached hydrogen (secondary N) is 2. The Hall–Kier alpha value is -5.08. The molecule has 1 aromatic heterocycles. The number of hydrogen-bond acceptors (Lipinski definition) is 7. The van der Waals surface area contributed by atoms with Crippen molar-refractivity contribution in [2.24, 2.45) is 0 Å². The summed E-state index contributed by atoms with van der Waals surface area (Å²) < 4.78 is 23.0. The zero-order chi connectivity index (χ0) is 32.0. The topological polar surface area (TPSA) is 99.0 Å². The molecule has 0 atom stereocenters. The number of anilines is 1. The monoisotopic (exact) mass is 618 g/mol. The van der Waals surface area contributed by atoms with E-state index >= 15 is 0 Å². The van der Waals surface area contributed by atoms with Gasteiger partial charge in [0.1, 0.15) is 28.5 Å². The maximum Gasteiger partial charge on any atom is 0.360 e. The van der Waals surface area contributed by atoms with Gasteiger partial charge in [-0.2, -0.15) is 0 Å². The third-order valence-electron chi connectivity index (χ3n) is 8.60. The summed E-state index contributed by atoms with van der Waals surface area (Å²) in [6.45, 7) is 2.76. The summed E-state index contributed by atoms with van der Waals surface area (Å²) in [5.41, 5.74) is 3.84.